The van der Waals surface area contributed by atoms with Gasteiger partial charge in [0.05, 0.1) is 5.75 Å². The van der Waals surface area contributed by atoms with E-state index in [1.54, 1.807) is 0 Å². The maximum Gasteiger partial charge on any atom is 0.242 e. The van der Waals surface area contributed by atoms with Crippen LogP contribution in [0.25, 0.3) is 0 Å². The first kappa shape index (κ1) is 21.1. The predicted molar refractivity (Wildman–Crippen MR) is 113 cm³/mol. The van der Waals surface area contributed by atoms with Crippen molar-refractivity contribution in [3.63, 3.8) is 0 Å². The predicted octanol–water partition coefficient (Wildman–Crippen LogP) is 1.89. The van der Waals surface area contributed by atoms with E-state index in [1.165, 1.54) is 9.99 Å². The van der Waals surface area contributed by atoms with Gasteiger partial charge < -0.3 is 15.1 Å². The highest BCUT2D eigenvalue weighted by atomic mass is 32.2. The van der Waals surface area contributed by atoms with Crippen molar-refractivity contribution in [1.82, 2.24) is 9.21 Å². The summed E-state index contributed by atoms with van der Waals surface area (Å²) in [7, 11) is -1.23. The van der Waals surface area contributed by atoms with E-state index >= 15 is 0 Å². The van der Waals surface area contributed by atoms with Crippen LogP contribution in [0.3, 0.4) is 0 Å². The summed E-state index contributed by atoms with van der Waals surface area (Å²) in [4.78, 5) is 17.5. The first-order valence-corrected chi connectivity index (χ1v) is 11.8. The molecule has 1 atom stereocenters. The van der Waals surface area contributed by atoms with Crippen molar-refractivity contribution in [1.29, 1.82) is 0 Å². The molecular formula is C20H32N4O3S. The van der Waals surface area contributed by atoms with E-state index in [0.29, 0.717) is 19.4 Å². The zero-order chi connectivity index (χ0) is 20.3. The number of anilines is 2. The van der Waals surface area contributed by atoms with Gasteiger partial charge in [0.25, 0.3) is 0 Å². The number of hydrogen-bond donors (Lipinski definition) is 1. The van der Waals surface area contributed by atoms with Crippen molar-refractivity contribution in [2.24, 2.45) is 0 Å². The summed E-state index contributed by atoms with van der Waals surface area (Å²) in [5.74, 6) is -0.140. The number of benzene rings is 1. The molecule has 0 radical (unpaired) electrons. The summed E-state index contributed by atoms with van der Waals surface area (Å²) in [5, 5.41) is 2.93. The van der Waals surface area contributed by atoms with E-state index in [-0.39, 0.29) is 11.7 Å². The molecule has 1 aromatic rings. The largest absolute Gasteiger partial charge is 0.369 e. The standard InChI is InChI=1S/C20H32N4O3S/c1-4-14-28(26,27)24-9-5-6-19(24)20(25)21-17-7-8-18(16(2)15-17)23-12-10-22(3)11-13-23/h7-8,15,19H,4-6,9-14H2,1-3H3,(H,21,25). The van der Waals surface area contributed by atoms with Gasteiger partial charge in [0.2, 0.25) is 15.9 Å². The lowest BCUT2D eigenvalue weighted by atomic mass is 10.1. The van der Waals surface area contributed by atoms with Gasteiger partial charge in [0.1, 0.15) is 6.04 Å². The number of nitrogens with zero attached hydrogens (tertiary/aromatic N) is 3. The summed E-state index contributed by atoms with van der Waals surface area (Å²) >= 11 is 0. The quantitative estimate of drug-likeness (QED) is 0.778. The molecule has 0 spiro atoms. The number of sulfonamides is 1. The minimum atomic E-state index is -3.37. The average Bonchev–Trinajstić information content (AvgIpc) is 3.14. The average molecular weight is 409 g/mol. The van der Waals surface area contributed by atoms with Gasteiger partial charge in [-0.05, 0) is 57.0 Å². The van der Waals surface area contributed by atoms with E-state index < -0.39 is 16.1 Å². The number of likely N-dealkylation sites (N-methyl/N-ethyl adjacent to an activating group) is 1. The third-order valence-corrected chi connectivity index (χ3v) is 7.71. The Labute approximate surface area is 168 Å². The molecule has 3 rings (SSSR count). The second kappa shape index (κ2) is 8.80. The molecule has 0 aromatic heterocycles. The lowest BCUT2D eigenvalue weighted by Crippen LogP contribution is -2.44. The smallest absolute Gasteiger partial charge is 0.242 e. The molecule has 1 aromatic carbocycles. The fraction of sp³-hybridized carbons (Fsp3) is 0.650. The SMILES string of the molecule is CCCS(=O)(=O)N1CCCC1C(=O)Nc1ccc(N2CCN(C)CC2)c(C)c1. The van der Waals surface area contributed by atoms with Crippen molar-refractivity contribution < 1.29 is 13.2 Å². The van der Waals surface area contributed by atoms with Gasteiger partial charge in [-0.2, -0.15) is 4.31 Å². The van der Waals surface area contributed by atoms with Gasteiger partial charge in [0.15, 0.2) is 0 Å². The molecular weight excluding hydrogens is 376 g/mol. The summed E-state index contributed by atoms with van der Waals surface area (Å²) in [5.41, 5.74) is 3.03. The fourth-order valence-electron chi connectivity index (χ4n) is 4.07. The minimum Gasteiger partial charge on any atom is -0.369 e. The van der Waals surface area contributed by atoms with Gasteiger partial charge in [0, 0.05) is 44.1 Å². The molecule has 2 saturated heterocycles. The number of carbonyl (C=O) groups is 1. The Morgan fingerprint density at radius 2 is 1.89 bits per heavy atom. The number of aryl methyl sites for hydroxylation is 1. The van der Waals surface area contributed by atoms with Crippen molar-refractivity contribution >= 4 is 27.3 Å². The Bertz CT molecular complexity index is 804. The second-order valence-electron chi connectivity index (χ2n) is 7.87. The molecule has 2 aliphatic heterocycles. The number of rotatable bonds is 6. The van der Waals surface area contributed by atoms with Crippen molar-refractivity contribution in [2.45, 2.75) is 39.2 Å². The maximum atomic E-state index is 12.8. The summed E-state index contributed by atoms with van der Waals surface area (Å²) in [6, 6.07) is 5.34. The molecule has 1 unspecified atom stereocenters. The van der Waals surface area contributed by atoms with Crippen LogP contribution in [0, 0.1) is 6.92 Å². The van der Waals surface area contributed by atoms with Crippen LogP contribution in [-0.4, -0.2) is 75.1 Å². The fourth-order valence-corrected chi connectivity index (χ4v) is 5.82. The van der Waals surface area contributed by atoms with Crippen LogP contribution in [-0.2, 0) is 14.8 Å². The molecule has 0 saturated carbocycles. The zero-order valence-corrected chi connectivity index (χ0v) is 18.0. The molecule has 1 N–H and O–H groups in total. The monoisotopic (exact) mass is 408 g/mol. The third kappa shape index (κ3) is 4.67. The zero-order valence-electron chi connectivity index (χ0n) is 17.1. The molecule has 2 aliphatic rings. The highest BCUT2D eigenvalue weighted by Crippen LogP contribution is 2.27. The van der Waals surface area contributed by atoms with Gasteiger partial charge in [-0.25, -0.2) is 8.42 Å². The van der Waals surface area contributed by atoms with Crippen LogP contribution in [0.4, 0.5) is 11.4 Å². The van der Waals surface area contributed by atoms with Gasteiger partial charge in [-0.15, -0.1) is 0 Å². The summed E-state index contributed by atoms with van der Waals surface area (Å²) < 4.78 is 26.3. The van der Waals surface area contributed by atoms with Crippen LogP contribution in [0.1, 0.15) is 31.7 Å². The van der Waals surface area contributed by atoms with Crippen LogP contribution in [0.5, 0.6) is 0 Å². The molecule has 7 nitrogen and oxygen atoms in total. The molecule has 0 bridgehead atoms. The van der Waals surface area contributed by atoms with E-state index in [1.807, 2.05) is 19.1 Å². The second-order valence-corrected chi connectivity index (χ2v) is 9.91. The van der Waals surface area contributed by atoms with Crippen molar-refractivity contribution in [3.8, 4) is 0 Å². The van der Waals surface area contributed by atoms with E-state index in [0.717, 1.165) is 43.9 Å². The Morgan fingerprint density at radius 1 is 1.18 bits per heavy atom. The molecule has 8 heteroatoms. The molecule has 2 fully saturated rings. The van der Waals surface area contributed by atoms with Gasteiger partial charge in [-0.3, -0.25) is 4.79 Å². The molecule has 28 heavy (non-hydrogen) atoms. The van der Waals surface area contributed by atoms with Crippen molar-refractivity contribution in [2.75, 3.05) is 55.7 Å². The first-order chi connectivity index (χ1) is 13.3. The molecule has 0 aliphatic carbocycles. The topological polar surface area (TPSA) is 73.0 Å². The highest BCUT2D eigenvalue weighted by molar-refractivity contribution is 7.89. The van der Waals surface area contributed by atoms with Crippen LogP contribution >= 0.6 is 0 Å². The number of carbonyl (C=O) groups excluding carboxylic acids is 1. The summed E-state index contributed by atoms with van der Waals surface area (Å²) in [6.45, 7) is 8.40. The van der Waals surface area contributed by atoms with E-state index in [9.17, 15) is 13.2 Å². The third-order valence-electron chi connectivity index (χ3n) is 5.63. The van der Waals surface area contributed by atoms with Gasteiger partial charge in [-0.1, -0.05) is 6.92 Å². The minimum absolute atomic E-state index is 0.0929. The molecule has 1 amide bonds. The van der Waals surface area contributed by atoms with Crippen LogP contribution < -0.4 is 10.2 Å². The highest BCUT2D eigenvalue weighted by Gasteiger charge is 2.38. The van der Waals surface area contributed by atoms with Crippen molar-refractivity contribution in [3.05, 3.63) is 23.8 Å². The Hall–Kier alpha value is -1.64. The maximum absolute atomic E-state index is 12.8. The Morgan fingerprint density at radius 3 is 2.54 bits per heavy atom. The lowest BCUT2D eigenvalue weighted by Gasteiger charge is -2.35. The lowest BCUT2D eigenvalue weighted by molar-refractivity contribution is -0.119. The Balaban J connectivity index is 1.68. The van der Waals surface area contributed by atoms with Gasteiger partial charge >= 0.3 is 0 Å². The van der Waals surface area contributed by atoms with Crippen LogP contribution in [0.15, 0.2) is 18.2 Å². The number of amides is 1. The van der Waals surface area contributed by atoms with E-state index in [2.05, 4.69) is 35.2 Å². The molecule has 2 heterocycles. The first-order valence-electron chi connectivity index (χ1n) is 10.2. The summed E-state index contributed by atoms with van der Waals surface area (Å²) in [6.07, 6.45) is 1.86. The Kier molecular flexibility index (Phi) is 6.62. The number of piperazine rings is 1. The van der Waals surface area contributed by atoms with E-state index in [4.69, 9.17) is 0 Å². The normalized spacial score (nSPS) is 21.8. The molecule has 156 valence electrons. The number of nitrogens with one attached hydrogen (secondary N) is 1. The van der Waals surface area contributed by atoms with Crippen LogP contribution in [0.2, 0.25) is 0 Å². The number of hydrogen-bond acceptors (Lipinski definition) is 5.